The number of piperidine rings is 1. The van der Waals surface area contributed by atoms with Crippen molar-refractivity contribution in [3.8, 4) is 5.75 Å². The van der Waals surface area contributed by atoms with Gasteiger partial charge in [-0.05, 0) is 31.9 Å². The number of anilines is 1. The van der Waals surface area contributed by atoms with E-state index in [0.29, 0.717) is 24.2 Å². The summed E-state index contributed by atoms with van der Waals surface area (Å²) >= 11 is 6.17. The number of para-hydroxylation sites is 1. The molecular formula is C19H24ClN3O2. The molecule has 2 heterocycles. The molecule has 0 amide bonds. The molecule has 25 heavy (non-hydrogen) atoms. The first-order chi connectivity index (χ1) is 12.2. The normalized spacial score (nSPS) is 17.6. The molecule has 1 fully saturated rings. The fraction of sp³-hybridized carbons (Fsp3) is 0.474. The van der Waals surface area contributed by atoms with Crippen LogP contribution in [-0.4, -0.2) is 36.8 Å². The van der Waals surface area contributed by atoms with Crippen LogP contribution in [0.1, 0.15) is 24.4 Å². The van der Waals surface area contributed by atoms with Crippen molar-refractivity contribution in [1.29, 1.82) is 0 Å². The summed E-state index contributed by atoms with van der Waals surface area (Å²) in [6.07, 6.45) is 2.27. The predicted molar refractivity (Wildman–Crippen MR) is 99.4 cm³/mol. The Bertz CT molecular complexity index is 711. The molecular weight excluding hydrogens is 338 g/mol. The molecule has 0 saturated carbocycles. The van der Waals surface area contributed by atoms with Gasteiger partial charge in [0.05, 0.1) is 11.6 Å². The van der Waals surface area contributed by atoms with E-state index in [1.807, 2.05) is 37.3 Å². The van der Waals surface area contributed by atoms with Gasteiger partial charge in [0.1, 0.15) is 18.2 Å². The van der Waals surface area contributed by atoms with Gasteiger partial charge in [-0.3, -0.25) is 0 Å². The average molecular weight is 362 g/mol. The van der Waals surface area contributed by atoms with Crippen LogP contribution < -0.4 is 9.64 Å². The lowest BCUT2D eigenvalue weighted by Crippen LogP contribution is -2.38. The third-order valence-electron chi connectivity index (χ3n) is 4.31. The van der Waals surface area contributed by atoms with Crippen LogP contribution in [0.4, 0.5) is 5.82 Å². The standard InChI is InChI=1S/C19H24ClN3O2/c1-14-10-19(22-18(21-14)13-24-2)23-9-5-6-15(11-23)12-25-17-8-4-3-7-16(17)20/h3-4,7-8,10,15H,5-6,9,11-13H2,1-2H3. The number of nitrogens with zero attached hydrogens (tertiary/aromatic N) is 3. The summed E-state index contributed by atoms with van der Waals surface area (Å²) in [7, 11) is 1.66. The lowest BCUT2D eigenvalue weighted by molar-refractivity contribution is 0.177. The summed E-state index contributed by atoms with van der Waals surface area (Å²) in [5.41, 5.74) is 0.964. The van der Waals surface area contributed by atoms with Gasteiger partial charge < -0.3 is 14.4 Å². The first-order valence-corrected chi connectivity index (χ1v) is 8.99. The number of benzene rings is 1. The van der Waals surface area contributed by atoms with Crippen molar-refractivity contribution in [2.45, 2.75) is 26.4 Å². The molecule has 5 nitrogen and oxygen atoms in total. The number of hydrogen-bond donors (Lipinski definition) is 0. The van der Waals surface area contributed by atoms with Gasteiger partial charge in [0.2, 0.25) is 0 Å². The molecule has 1 atom stereocenters. The molecule has 2 aromatic rings. The van der Waals surface area contributed by atoms with Crippen molar-refractivity contribution >= 4 is 17.4 Å². The number of hydrogen-bond acceptors (Lipinski definition) is 5. The first kappa shape index (κ1) is 18.0. The van der Waals surface area contributed by atoms with E-state index in [4.69, 9.17) is 21.1 Å². The van der Waals surface area contributed by atoms with Crippen LogP contribution in [0.3, 0.4) is 0 Å². The van der Waals surface area contributed by atoms with Gasteiger partial charge in [-0.25, -0.2) is 9.97 Å². The molecule has 1 aromatic heterocycles. The molecule has 1 aliphatic rings. The minimum Gasteiger partial charge on any atom is -0.492 e. The van der Waals surface area contributed by atoms with Crippen molar-refractivity contribution in [1.82, 2.24) is 9.97 Å². The zero-order chi connectivity index (χ0) is 17.6. The zero-order valence-electron chi connectivity index (χ0n) is 14.7. The van der Waals surface area contributed by atoms with E-state index in [0.717, 1.165) is 49.0 Å². The number of methoxy groups -OCH3 is 1. The molecule has 0 aliphatic carbocycles. The summed E-state index contributed by atoms with van der Waals surface area (Å²) in [4.78, 5) is 11.4. The SMILES string of the molecule is COCc1nc(C)cc(N2CCCC(COc3ccccc3Cl)C2)n1. The maximum absolute atomic E-state index is 6.17. The number of rotatable bonds is 6. The third-order valence-corrected chi connectivity index (χ3v) is 4.63. The van der Waals surface area contributed by atoms with Gasteiger partial charge in [0, 0.05) is 37.9 Å². The van der Waals surface area contributed by atoms with Crippen molar-refractivity contribution < 1.29 is 9.47 Å². The highest BCUT2D eigenvalue weighted by molar-refractivity contribution is 6.32. The van der Waals surface area contributed by atoms with Gasteiger partial charge in [0.15, 0.2) is 5.82 Å². The molecule has 0 bridgehead atoms. The van der Waals surface area contributed by atoms with Crippen LogP contribution in [0.5, 0.6) is 5.75 Å². The van der Waals surface area contributed by atoms with Crippen molar-refractivity contribution in [2.24, 2.45) is 5.92 Å². The second-order valence-electron chi connectivity index (χ2n) is 6.41. The Hall–Kier alpha value is -1.85. The Morgan fingerprint density at radius 1 is 1.28 bits per heavy atom. The van der Waals surface area contributed by atoms with E-state index >= 15 is 0 Å². The molecule has 0 radical (unpaired) electrons. The maximum atomic E-state index is 6.17. The highest BCUT2D eigenvalue weighted by Crippen LogP contribution is 2.26. The van der Waals surface area contributed by atoms with Gasteiger partial charge in [-0.2, -0.15) is 0 Å². The Morgan fingerprint density at radius 3 is 2.92 bits per heavy atom. The summed E-state index contributed by atoms with van der Waals surface area (Å²) in [5, 5.41) is 0.658. The first-order valence-electron chi connectivity index (χ1n) is 8.61. The van der Waals surface area contributed by atoms with Crippen molar-refractivity contribution in [3.05, 3.63) is 46.9 Å². The Morgan fingerprint density at radius 2 is 2.12 bits per heavy atom. The van der Waals surface area contributed by atoms with E-state index in [2.05, 4.69) is 14.9 Å². The molecule has 0 spiro atoms. The minimum absolute atomic E-state index is 0.432. The van der Waals surface area contributed by atoms with E-state index in [-0.39, 0.29) is 0 Å². The Balaban J connectivity index is 1.64. The Labute approximate surface area is 153 Å². The third kappa shape index (κ3) is 4.83. The van der Waals surface area contributed by atoms with E-state index in [9.17, 15) is 0 Å². The van der Waals surface area contributed by atoms with Crippen LogP contribution in [0.15, 0.2) is 30.3 Å². The fourth-order valence-electron chi connectivity index (χ4n) is 3.15. The summed E-state index contributed by atoms with van der Waals surface area (Å²) in [6.45, 7) is 5.02. The number of aryl methyl sites for hydroxylation is 1. The number of halogens is 1. The summed E-state index contributed by atoms with van der Waals surface area (Å²) < 4.78 is 11.1. The van der Waals surface area contributed by atoms with Crippen molar-refractivity contribution in [2.75, 3.05) is 31.7 Å². The van der Waals surface area contributed by atoms with Gasteiger partial charge in [-0.1, -0.05) is 23.7 Å². The van der Waals surface area contributed by atoms with E-state index < -0.39 is 0 Å². The summed E-state index contributed by atoms with van der Waals surface area (Å²) in [6, 6.07) is 9.65. The topological polar surface area (TPSA) is 47.5 Å². The highest BCUT2D eigenvalue weighted by atomic mass is 35.5. The smallest absolute Gasteiger partial charge is 0.156 e. The number of ether oxygens (including phenoxy) is 2. The van der Waals surface area contributed by atoms with Crippen molar-refractivity contribution in [3.63, 3.8) is 0 Å². The molecule has 1 saturated heterocycles. The molecule has 134 valence electrons. The molecule has 1 aromatic carbocycles. The van der Waals surface area contributed by atoms with Crippen LogP contribution in [0.2, 0.25) is 5.02 Å². The molecule has 1 unspecified atom stereocenters. The largest absolute Gasteiger partial charge is 0.492 e. The van der Waals surface area contributed by atoms with E-state index in [1.165, 1.54) is 0 Å². The average Bonchev–Trinajstić information content (AvgIpc) is 2.61. The van der Waals surface area contributed by atoms with Crippen LogP contribution in [0.25, 0.3) is 0 Å². The van der Waals surface area contributed by atoms with Crippen LogP contribution in [0, 0.1) is 12.8 Å². The van der Waals surface area contributed by atoms with E-state index in [1.54, 1.807) is 7.11 Å². The molecule has 6 heteroatoms. The molecule has 3 rings (SSSR count). The van der Waals surface area contributed by atoms with Crippen LogP contribution in [-0.2, 0) is 11.3 Å². The second-order valence-corrected chi connectivity index (χ2v) is 6.82. The van der Waals surface area contributed by atoms with Gasteiger partial charge in [0.25, 0.3) is 0 Å². The van der Waals surface area contributed by atoms with Gasteiger partial charge >= 0.3 is 0 Å². The maximum Gasteiger partial charge on any atom is 0.156 e. The second kappa shape index (κ2) is 8.50. The monoisotopic (exact) mass is 361 g/mol. The molecule has 1 aliphatic heterocycles. The molecule has 0 N–H and O–H groups in total. The number of aromatic nitrogens is 2. The Kier molecular flexibility index (Phi) is 6.10. The quantitative estimate of drug-likeness (QED) is 0.781. The summed E-state index contributed by atoms with van der Waals surface area (Å²) in [5.74, 6) is 2.90. The lowest BCUT2D eigenvalue weighted by Gasteiger charge is -2.33. The predicted octanol–water partition coefficient (Wildman–Crippen LogP) is 3.88. The minimum atomic E-state index is 0.432. The zero-order valence-corrected chi connectivity index (χ0v) is 15.5. The van der Waals surface area contributed by atoms with Gasteiger partial charge in [-0.15, -0.1) is 0 Å². The van der Waals surface area contributed by atoms with Crippen LogP contribution >= 0.6 is 11.6 Å². The lowest BCUT2D eigenvalue weighted by atomic mass is 9.99. The highest BCUT2D eigenvalue weighted by Gasteiger charge is 2.22. The fourth-order valence-corrected chi connectivity index (χ4v) is 3.34.